The van der Waals surface area contributed by atoms with Gasteiger partial charge in [0, 0.05) is 11.6 Å². The summed E-state index contributed by atoms with van der Waals surface area (Å²) in [5.74, 6) is -1.27. The number of aromatic hydroxyl groups is 1. The Morgan fingerprint density at radius 3 is 2.44 bits per heavy atom. The topological polar surface area (TPSA) is 81.5 Å². The van der Waals surface area contributed by atoms with Gasteiger partial charge >= 0.3 is 6.36 Å². The van der Waals surface area contributed by atoms with Crippen LogP contribution in [0.4, 0.5) is 13.2 Å². The second-order valence-corrected chi connectivity index (χ2v) is 3.43. The third kappa shape index (κ3) is 4.59. The zero-order valence-corrected chi connectivity index (χ0v) is 10.1. The number of phenolic OH excluding ortho intramolecular Hbond substituents is 1. The molecule has 0 aromatic heterocycles. The smallest absolute Gasteiger partial charge is 0.504 e. The molecule has 1 atom stereocenters. The molecule has 0 unspecified atom stereocenters. The lowest BCUT2D eigenvalue weighted by Gasteiger charge is -2.16. The first-order chi connectivity index (χ1) is 7.85. The van der Waals surface area contributed by atoms with E-state index in [0.717, 1.165) is 6.07 Å². The van der Waals surface area contributed by atoms with Crippen LogP contribution in [0.1, 0.15) is 18.0 Å². The van der Waals surface area contributed by atoms with Crippen LogP contribution in [-0.2, 0) is 0 Å². The molecule has 0 radical (unpaired) electrons. The standard InChI is InChI=1S/C10H13F3N2O2.ClH/c11-10(12,13)17-8-3-1-2-6(9(8)16)7(15)4-5-14;/h1-3,7,16H,4-5,14-15H2;1H/t7-;/m0./s1. The first-order valence-corrected chi connectivity index (χ1v) is 4.88. The highest BCUT2D eigenvalue weighted by Gasteiger charge is 2.32. The van der Waals surface area contributed by atoms with Gasteiger partial charge in [-0.3, -0.25) is 0 Å². The van der Waals surface area contributed by atoms with E-state index in [1.807, 2.05) is 0 Å². The van der Waals surface area contributed by atoms with Gasteiger partial charge in [0.05, 0.1) is 0 Å². The lowest BCUT2D eigenvalue weighted by Crippen LogP contribution is -2.19. The number of halogens is 4. The average Bonchev–Trinajstić information content (AvgIpc) is 2.19. The minimum atomic E-state index is -4.85. The van der Waals surface area contributed by atoms with Crippen LogP contribution in [0, 0.1) is 0 Å². The summed E-state index contributed by atoms with van der Waals surface area (Å²) in [4.78, 5) is 0. The normalized spacial score (nSPS) is 12.7. The molecule has 0 aliphatic heterocycles. The molecule has 0 saturated heterocycles. The van der Waals surface area contributed by atoms with Crippen LogP contribution in [0.2, 0.25) is 0 Å². The van der Waals surface area contributed by atoms with E-state index in [4.69, 9.17) is 11.5 Å². The zero-order valence-electron chi connectivity index (χ0n) is 9.28. The van der Waals surface area contributed by atoms with Gasteiger partial charge in [-0.2, -0.15) is 0 Å². The number of alkyl halides is 3. The molecule has 18 heavy (non-hydrogen) atoms. The van der Waals surface area contributed by atoms with Crippen molar-refractivity contribution in [3.8, 4) is 11.5 Å². The highest BCUT2D eigenvalue weighted by Crippen LogP contribution is 2.36. The van der Waals surface area contributed by atoms with Gasteiger partial charge in [0.1, 0.15) is 0 Å². The molecule has 0 aliphatic rings. The van der Waals surface area contributed by atoms with Crippen molar-refractivity contribution in [3.05, 3.63) is 23.8 Å². The zero-order chi connectivity index (χ0) is 13.1. The molecule has 4 nitrogen and oxygen atoms in total. The van der Waals surface area contributed by atoms with Gasteiger partial charge in [0.15, 0.2) is 11.5 Å². The van der Waals surface area contributed by atoms with Crippen LogP contribution in [-0.4, -0.2) is 18.0 Å². The molecule has 1 aromatic carbocycles. The molecule has 8 heteroatoms. The van der Waals surface area contributed by atoms with Gasteiger partial charge in [-0.1, -0.05) is 12.1 Å². The fraction of sp³-hybridized carbons (Fsp3) is 0.400. The van der Waals surface area contributed by atoms with Crippen molar-refractivity contribution in [2.45, 2.75) is 18.8 Å². The summed E-state index contributed by atoms with van der Waals surface area (Å²) >= 11 is 0. The first-order valence-electron chi connectivity index (χ1n) is 4.88. The molecule has 0 aliphatic carbocycles. The lowest BCUT2D eigenvalue weighted by atomic mass is 10.0. The Bertz CT molecular complexity index is 388. The number of hydrogen-bond acceptors (Lipinski definition) is 4. The largest absolute Gasteiger partial charge is 0.573 e. The van der Waals surface area contributed by atoms with Crippen LogP contribution in [0.3, 0.4) is 0 Å². The molecule has 5 N–H and O–H groups in total. The number of rotatable bonds is 4. The summed E-state index contributed by atoms with van der Waals surface area (Å²) in [6, 6.07) is 3.14. The Hall–Kier alpha value is -1.18. The van der Waals surface area contributed by atoms with E-state index < -0.39 is 23.9 Å². The van der Waals surface area contributed by atoms with E-state index in [9.17, 15) is 18.3 Å². The molecule has 1 aromatic rings. The number of hydrogen-bond donors (Lipinski definition) is 3. The minimum Gasteiger partial charge on any atom is -0.504 e. The van der Waals surface area contributed by atoms with E-state index >= 15 is 0 Å². The number of para-hydroxylation sites is 1. The molecular formula is C10H14ClF3N2O2. The van der Waals surface area contributed by atoms with E-state index in [-0.39, 0.29) is 24.5 Å². The van der Waals surface area contributed by atoms with Crippen molar-refractivity contribution < 1.29 is 23.0 Å². The van der Waals surface area contributed by atoms with Gasteiger partial charge < -0.3 is 21.3 Å². The van der Waals surface area contributed by atoms with Crippen molar-refractivity contribution in [1.82, 2.24) is 0 Å². The fourth-order valence-corrected chi connectivity index (χ4v) is 1.38. The van der Waals surface area contributed by atoms with Gasteiger partial charge in [-0.05, 0) is 19.0 Å². The van der Waals surface area contributed by atoms with E-state index in [1.54, 1.807) is 0 Å². The van der Waals surface area contributed by atoms with Crippen LogP contribution < -0.4 is 16.2 Å². The second kappa shape index (κ2) is 6.67. The average molecular weight is 287 g/mol. The summed E-state index contributed by atoms with van der Waals surface area (Å²) < 4.78 is 39.7. The van der Waals surface area contributed by atoms with Crippen molar-refractivity contribution in [3.63, 3.8) is 0 Å². The molecule has 1 rings (SSSR count). The van der Waals surface area contributed by atoms with Crippen LogP contribution >= 0.6 is 12.4 Å². The second-order valence-electron chi connectivity index (χ2n) is 3.43. The summed E-state index contributed by atoms with van der Waals surface area (Å²) in [6.45, 7) is 0.269. The summed E-state index contributed by atoms with van der Waals surface area (Å²) in [7, 11) is 0. The monoisotopic (exact) mass is 286 g/mol. The van der Waals surface area contributed by atoms with Crippen molar-refractivity contribution in [1.29, 1.82) is 0 Å². The third-order valence-corrected chi connectivity index (χ3v) is 2.13. The molecular weight excluding hydrogens is 273 g/mol. The predicted molar refractivity (Wildman–Crippen MR) is 62.6 cm³/mol. The van der Waals surface area contributed by atoms with Gasteiger partial charge in [0.2, 0.25) is 0 Å². The summed E-state index contributed by atoms with van der Waals surface area (Å²) in [6.07, 6.45) is -4.50. The van der Waals surface area contributed by atoms with E-state index in [1.165, 1.54) is 12.1 Å². The highest BCUT2D eigenvalue weighted by molar-refractivity contribution is 5.85. The van der Waals surface area contributed by atoms with Gasteiger partial charge in [-0.25, -0.2) is 0 Å². The molecule has 0 saturated carbocycles. The van der Waals surface area contributed by atoms with E-state index in [0.29, 0.717) is 6.42 Å². The number of benzene rings is 1. The Morgan fingerprint density at radius 2 is 1.94 bits per heavy atom. The molecule has 104 valence electrons. The Labute approximate surface area is 108 Å². The van der Waals surface area contributed by atoms with E-state index in [2.05, 4.69) is 4.74 Å². The molecule has 0 bridgehead atoms. The minimum absolute atomic E-state index is 0. The molecule has 0 heterocycles. The molecule has 0 fully saturated rings. The summed E-state index contributed by atoms with van der Waals surface area (Å²) in [5.41, 5.74) is 11.1. The predicted octanol–water partition coefficient (Wildman–Crippen LogP) is 2.06. The van der Waals surface area contributed by atoms with Crippen molar-refractivity contribution in [2.75, 3.05) is 6.54 Å². The maximum absolute atomic E-state index is 12.0. The third-order valence-electron chi connectivity index (χ3n) is 2.13. The maximum Gasteiger partial charge on any atom is 0.573 e. The lowest BCUT2D eigenvalue weighted by molar-refractivity contribution is -0.275. The van der Waals surface area contributed by atoms with Crippen molar-refractivity contribution >= 4 is 12.4 Å². The number of nitrogens with two attached hydrogens (primary N) is 2. The number of phenols is 1. The SMILES string of the molecule is Cl.NCC[C@H](N)c1cccc(OC(F)(F)F)c1O. The van der Waals surface area contributed by atoms with Crippen LogP contribution in [0.25, 0.3) is 0 Å². The maximum atomic E-state index is 12.0. The molecule has 0 spiro atoms. The van der Waals surface area contributed by atoms with Gasteiger partial charge in [-0.15, -0.1) is 25.6 Å². The van der Waals surface area contributed by atoms with Crippen LogP contribution in [0.15, 0.2) is 18.2 Å². The Balaban J connectivity index is 0.00000289. The number of ether oxygens (including phenoxy) is 1. The Kier molecular flexibility index (Phi) is 6.23. The highest BCUT2D eigenvalue weighted by atomic mass is 35.5. The van der Waals surface area contributed by atoms with Gasteiger partial charge in [0.25, 0.3) is 0 Å². The quantitative estimate of drug-likeness (QED) is 0.791. The fourth-order valence-electron chi connectivity index (χ4n) is 1.38. The van der Waals surface area contributed by atoms with Crippen LogP contribution in [0.5, 0.6) is 11.5 Å². The van der Waals surface area contributed by atoms with Crippen molar-refractivity contribution in [2.24, 2.45) is 11.5 Å². The summed E-state index contributed by atoms with van der Waals surface area (Å²) in [5, 5.41) is 9.60. The first kappa shape index (κ1) is 16.8. The molecule has 0 amide bonds. The Morgan fingerprint density at radius 1 is 1.33 bits per heavy atom.